The summed E-state index contributed by atoms with van der Waals surface area (Å²) in [5, 5.41) is 0. The van der Waals surface area contributed by atoms with Gasteiger partial charge in [0.2, 0.25) is 0 Å². The SMILES string of the molecule is COCO[C@H]1CC[C@@]2(C)[C@H](C1)[C@@H](OCOC)C[C@@H]1[C@@H]2CC[C@]2(C)C([C@H](C)COC(C)=O)=CC(=O)[C@@H]12. The number of fused-ring (bicyclic) bond motifs is 5. The second-order valence-electron chi connectivity index (χ2n) is 11.8. The fourth-order valence-corrected chi connectivity index (χ4v) is 8.40. The Morgan fingerprint density at radius 2 is 1.77 bits per heavy atom. The van der Waals surface area contributed by atoms with Crippen LogP contribution in [0.1, 0.15) is 66.2 Å². The van der Waals surface area contributed by atoms with Gasteiger partial charge in [-0.1, -0.05) is 26.3 Å². The predicted molar refractivity (Wildman–Crippen MR) is 130 cm³/mol. The van der Waals surface area contributed by atoms with Gasteiger partial charge in [-0.25, -0.2) is 0 Å². The number of allylic oxidation sites excluding steroid dienone is 1. The highest BCUT2D eigenvalue weighted by Crippen LogP contribution is 2.66. The molecule has 7 heteroatoms. The molecule has 7 nitrogen and oxygen atoms in total. The van der Waals surface area contributed by atoms with Crippen molar-refractivity contribution in [1.29, 1.82) is 0 Å². The van der Waals surface area contributed by atoms with E-state index in [0.29, 0.717) is 25.2 Å². The molecule has 3 saturated carbocycles. The van der Waals surface area contributed by atoms with E-state index >= 15 is 0 Å². The van der Waals surface area contributed by atoms with Crippen LogP contribution in [0.4, 0.5) is 0 Å². The minimum absolute atomic E-state index is 0.0350. The first-order valence-electron chi connectivity index (χ1n) is 13.3. The maximum Gasteiger partial charge on any atom is 0.302 e. The molecule has 4 rings (SSSR count). The molecule has 0 aromatic carbocycles. The third kappa shape index (κ3) is 4.86. The molecule has 0 amide bonds. The summed E-state index contributed by atoms with van der Waals surface area (Å²) < 4.78 is 28.1. The Balaban J connectivity index is 1.59. The maximum absolute atomic E-state index is 13.6. The molecule has 0 aromatic heterocycles. The number of rotatable bonds is 9. The van der Waals surface area contributed by atoms with E-state index in [1.165, 1.54) is 6.92 Å². The van der Waals surface area contributed by atoms with Gasteiger partial charge in [0.1, 0.15) is 13.6 Å². The van der Waals surface area contributed by atoms with E-state index in [4.69, 9.17) is 23.7 Å². The molecule has 4 aliphatic carbocycles. The van der Waals surface area contributed by atoms with Crippen LogP contribution in [0.2, 0.25) is 0 Å². The van der Waals surface area contributed by atoms with Crippen molar-refractivity contribution in [3.8, 4) is 0 Å². The topological polar surface area (TPSA) is 80.3 Å². The predicted octanol–water partition coefficient (Wildman–Crippen LogP) is 4.53. The van der Waals surface area contributed by atoms with Gasteiger partial charge in [0.15, 0.2) is 5.78 Å². The van der Waals surface area contributed by atoms with Crippen LogP contribution in [0.15, 0.2) is 11.6 Å². The molecule has 0 spiro atoms. The number of ketones is 1. The number of hydrogen-bond acceptors (Lipinski definition) is 7. The van der Waals surface area contributed by atoms with Gasteiger partial charge in [0, 0.05) is 33.0 Å². The molecule has 0 N–H and O–H groups in total. The highest BCUT2D eigenvalue weighted by Gasteiger charge is 2.63. The molecule has 0 radical (unpaired) electrons. The van der Waals surface area contributed by atoms with Crippen LogP contribution in [0.3, 0.4) is 0 Å². The molecule has 0 aromatic rings. The van der Waals surface area contributed by atoms with E-state index in [1.807, 2.05) is 6.08 Å². The van der Waals surface area contributed by atoms with Gasteiger partial charge in [-0.05, 0) is 73.2 Å². The number of carbonyl (C=O) groups is 2. The average Bonchev–Trinajstić information content (AvgIpc) is 3.10. The Morgan fingerprint density at radius 3 is 2.46 bits per heavy atom. The fraction of sp³-hybridized carbons (Fsp3) is 0.857. The van der Waals surface area contributed by atoms with Gasteiger partial charge < -0.3 is 23.7 Å². The second kappa shape index (κ2) is 10.6. The van der Waals surface area contributed by atoms with E-state index in [1.54, 1.807) is 14.2 Å². The minimum atomic E-state index is -0.276. The van der Waals surface area contributed by atoms with Crippen LogP contribution in [0.5, 0.6) is 0 Å². The van der Waals surface area contributed by atoms with E-state index in [9.17, 15) is 9.59 Å². The van der Waals surface area contributed by atoms with Crippen LogP contribution in [-0.2, 0) is 33.3 Å². The summed E-state index contributed by atoms with van der Waals surface area (Å²) in [6.07, 6.45) is 8.11. The second-order valence-corrected chi connectivity index (χ2v) is 11.8. The summed E-state index contributed by atoms with van der Waals surface area (Å²) >= 11 is 0. The van der Waals surface area contributed by atoms with Crippen molar-refractivity contribution >= 4 is 11.8 Å². The number of esters is 1. The Hall–Kier alpha value is -1.28. The number of hydrogen-bond donors (Lipinski definition) is 0. The van der Waals surface area contributed by atoms with Gasteiger partial charge in [-0.2, -0.15) is 0 Å². The third-order valence-electron chi connectivity index (χ3n) is 9.93. The quantitative estimate of drug-likeness (QED) is 0.345. The van der Waals surface area contributed by atoms with Crippen LogP contribution in [0.25, 0.3) is 0 Å². The van der Waals surface area contributed by atoms with Gasteiger partial charge in [-0.3, -0.25) is 9.59 Å². The maximum atomic E-state index is 13.6. The summed E-state index contributed by atoms with van der Waals surface area (Å²) in [7, 11) is 3.32. The molecule has 0 bridgehead atoms. The third-order valence-corrected chi connectivity index (χ3v) is 9.93. The first kappa shape index (κ1) is 26.8. The summed E-state index contributed by atoms with van der Waals surface area (Å²) in [5.41, 5.74) is 1.07. The van der Waals surface area contributed by atoms with Gasteiger partial charge >= 0.3 is 5.97 Å². The van der Waals surface area contributed by atoms with Crippen molar-refractivity contribution in [3.05, 3.63) is 11.6 Å². The smallest absolute Gasteiger partial charge is 0.302 e. The van der Waals surface area contributed by atoms with Gasteiger partial charge in [0.05, 0.1) is 18.8 Å². The van der Waals surface area contributed by atoms with Gasteiger partial charge in [0.25, 0.3) is 0 Å². The molecule has 9 atom stereocenters. The first-order chi connectivity index (χ1) is 16.7. The average molecular weight is 493 g/mol. The Bertz CT molecular complexity index is 824. The highest BCUT2D eigenvalue weighted by atomic mass is 16.7. The van der Waals surface area contributed by atoms with Crippen molar-refractivity contribution in [2.24, 2.45) is 40.4 Å². The van der Waals surface area contributed by atoms with Crippen molar-refractivity contribution in [2.75, 3.05) is 34.4 Å². The molecule has 0 heterocycles. The van der Waals surface area contributed by atoms with Crippen LogP contribution >= 0.6 is 0 Å². The van der Waals surface area contributed by atoms with E-state index in [-0.39, 0.29) is 59.3 Å². The van der Waals surface area contributed by atoms with Gasteiger partial charge in [-0.15, -0.1) is 0 Å². The Morgan fingerprint density at radius 1 is 1.06 bits per heavy atom. The molecule has 4 aliphatic rings. The molecule has 198 valence electrons. The lowest BCUT2D eigenvalue weighted by Crippen LogP contribution is -2.59. The molecule has 0 saturated heterocycles. The zero-order valence-electron chi connectivity index (χ0n) is 22.3. The molecular formula is C28H44O7. The summed E-state index contributed by atoms with van der Waals surface area (Å²) in [6.45, 7) is 9.12. The lowest BCUT2D eigenvalue weighted by molar-refractivity contribution is -0.210. The standard InChI is InChI=1S/C28H44O7/c1-17(14-33-18(2)29)22-13-24(30)26-20-12-25(35-16-32-6)23-11-19(34-15-31-5)7-9-27(23,3)21(20)8-10-28(22,26)4/h13,17,19-21,23,25-26H,7-12,14-16H2,1-6H3/t17-,19+,20-,21+,23-,25+,26-,27-,28-/m1/s1. The zero-order chi connectivity index (χ0) is 25.4. The van der Waals surface area contributed by atoms with E-state index in [0.717, 1.165) is 44.1 Å². The van der Waals surface area contributed by atoms with Crippen molar-refractivity contribution in [2.45, 2.75) is 78.4 Å². The van der Waals surface area contributed by atoms with Crippen molar-refractivity contribution in [3.63, 3.8) is 0 Å². The fourth-order valence-electron chi connectivity index (χ4n) is 8.40. The number of methoxy groups -OCH3 is 2. The Kier molecular flexibility index (Phi) is 8.11. The lowest BCUT2D eigenvalue weighted by atomic mass is 9.43. The molecule has 35 heavy (non-hydrogen) atoms. The highest BCUT2D eigenvalue weighted by molar-refractivity contribution is 5.97. The largest absolute Gasteiger partial charge is 0.465 e. The minimum Gasteiger partial charge on any atom is -0.465 e. The van der Waals surface area contributed by atoms with Crippen molar-refractivity contribution < 1.29 is 33.3 Å². The van der Waals surface area contributed by atoms with Crippen molar-refractivity contribution in [1.82, 2.24) is 0 Å². The molecule has 0 unspecified atom stereocenters. The molecule has 3 fully saturated rings. The molecule has 0 aliphatic heterocycles. The summed E-state index contributed by atoms with van der Waals surface area (Å²) in [5.74, 6) is 1.09. The normalized spacial score (nSPS) is 41.4. The lowest BCUT2D eigenvalue weighted by Gasteiger charge is -2.62. The Labute approximate surface area is 210 Å². The zero-order valence-corrected chi connectivity index (χ0v) is 22.3. The van der Waals surface area contributed by atoms with Crippen LogP contribution in [-0.4, -0.2) is 58.4 Å². The van der Waals surface area contributed by atoms with E-state index < -0.39 is 0 Å². The first-order valence-corrected chi connectivity index (χ1v) is 13.3. The number of carbonyl (C=O) groups excluding carboxylic acids is 2. The van der Waals surface area contributed by atoms with Crippen LogP contribution in [0, 0.1) is 40.4 Å². The monoisotopic (exact) mass is 492 g/mol. The summed E-state index contributed by atoms with van der Waals surface area (Å²) in [4.78, 5) is 25.0. The number of ether oxygens (including phenoxy) is 5. The van der Waals surface area contributed by atoms with Crippen LogP contribution < -0.4 is 0 Å². The van der Waals surface area contributed by atoms with E-state index in [2.05, 4.69) is 20.8 Å². The molecular weight excluding hydrogens is 448 g/mol. The summed E-state index contributed by atoms with van der Waals surface area (Å²) in [6, 6.07) is 0.